The number of hydrogen-bond acceptors (Lipinski definition) is 2. The average Bonchev–Trinajstić information content (AvgIpc) is 2.66. The molecule has 1 aliphatic heterocycles. The third kappa shape index (κ3) is 2.84. The van der Waals surface area contributed by atoms with Crippen molar-refractivity contribution in [1.29, 1.82) is 0 Å². The van der Waals surface area contributed by atoms with Crippen LogP contribution in [0, 0.1) is 0 Å². The van der Waals surface area contributed by atoms with Crippen LogP contribution in [0.1, 0.15) is 44.9 Å². The number of nitrogens with one attached hydrogen (secondary N) is 1. The SMILES string of the molecule is [B]CNCCC1([B])CCOC2(CCCC2)C1. The van der Waals surface area contributed by atoms with Gasteiger partial charge < -0.3 is 10.1 Å². The van der Waals surface area contributed by atoms with E-state index in [1.165, 1.54) is 25.7 Å². The first-order valence-corrected chi connectivity index (χ1v) is 6.52. The Hall–Kier alpha value is 0.0499. The van der Waals surface area contributed by atoms with Crippen LogP contribution in [0.5, 0.6) is 0 Å². The first-order valence-electron chi connectivity index (χ1n) is 6.52. The highest BCUT2D eigenvalue weighted by Crippen LogP contribution is 2.50. The second-order valence-electron chi connectivity index (χ2n) is 5.48. The summed E-state index contributed by atoms with van der Waals surface area (Å²) in [4.78, 5) is 0. The van der Waals surface area contributed by atoms with Gasteiger partial charge in [-0.15, -0.1) is 0 Å². The summed E-state index contributed by atoms with van der Waals surface area (Å²) in [5.41, 5.74) is 0.121. The van der Waals surface area contributed by atoms with Crippen molar-refractivity contribution in [2.45, 2.75) is 55.9 Å². The molecule has 1 unspecified atom stereocenters. The molecule has 2 aliphatic rings. The second kappa shape index (κ2) is 5.14. The van der Waals surface area contributed by atoms with Gasteiger partial charge in [-0.3, -0.25) is 0 Å². The van der Waals surface area contributed by atoms with Crippen molar-refractivity contribution in [2.24, 2.45) is 0 Å². The van der Waals surface area contributed by atoms with E-state index in [1.54, 1.807) is 0 Å². The van der Waals surface area contributed by atoms with Crippen LogP contribution in [0.3, 0.4) is 0 Å². The molecule has 1 heterocycles. The lowest BCUT2D eigenvalue weighted by Gasteiger charge is -2.45. The molecule has 1 N–H and O–H groups in total. The van der Waals surface area contributed by atoms with Gasteiger partial charge in [0.05, 0.1) is 21.3 Å². The maximum Gasteiger partial charge on any atom is 0.0859 e. The van der Waals surface area contributed by atoms with Crippen molar-refractivity contribution in [3.05, 3.63) is 0 Å². The highest BCUT2D eigenvalue weighted by atomic mass is 16.5. The molecule has 1 saturated carbocycles. The Morgan fingerprint density at radius 1 is 1.19 bits per heavy atom. The fourth-order valence-electron chi connectivity index (χ4n) is 3.25. The average molecular weight is 217 g/mol. The summed E-state index contributed by atoms with van der Waals surface area (Å²) in [6, 6.07) is 0. The van der Waals surface area contributed by atoms with Crippen LogP contribution >= 0.6 is 0 Å². The van der Waals surface area contributed by atoms with Crippen LogP contribution in [0.2, 0.25) is 5.31 Å². The minimum absolute atomic E-state index is 0.0369. The smallest absolute Gasteiger partial charge is 0.0859 e. The molecule has 1 atom stereocenters. The summed E-state index contributed by atoms with van der Waals surface area (Å²) in [6.07, 6.45) is 8.58. The van der Waals surface area contributed by atoms with Gasteiger partial charge in [0.1, 0.15) is 0 Å². The van der Waals surface area contributed by atoms with Crippen LogP contribution in [0.4, 0.5) is 0 Å². The lowest BCUT2D eigenvalue weighted by molar-refractivity contribution is -0.0890. The van der Waals surface area contributed by atoms with Crippen molar-refractivity contribution >= 4 is 15.7 Å². The fraction of sp³-hybridized carbons (Fsp3) is 1.00. The Morgan fingerprint density at radius 3 is 2.62 bits per heavy atom. The zero-order chi connectivity index (χ0) is 11.5. The van der Waals surface area contributed by atoms with Crippen molar-refractivity contribution in [1.82, 2.24) is 5.32 Å². The van der Waals surface area contributed by atoms with E-state index in [9.17, 15) is 0 Å². The van der Waals surface area contributed by atoms with Gasteiger partial charge in [0.15, 0.2) is 0 Å². The van der Waals surface area contributed by atoms with E-state index in [2.05, 4.69) is 5.32 Å². The molecule has 0 aromatic heterocycles. The molecule has 86 valence electrons. The van der Waals surface area contributed by atoms with E-state index in [0.717, 1.165) is 32.4 Å². The molecule has 0 amide bonds. The monoisotopic (exact) mass is 217 g/mol. The van der Waals surface area contributed by atoms with Crippen molar-refractivity contribution in [2.75, 3.05) is 19.6 Å². The van der Waals surface area contributed by atoms with Gasteiger partial charge in [0.25, 0.3) is 0 Å². The quantitative estimate of drug-likeness (QED) is 0.569. The molecule has 2 nitrogen and oxygen atoms in total. The molecule has 0 bridgehead atoms. The summed E-state index contributed by atoms with van der Waals surface area (Å²) in [5, 5.41) is 3.12. The summed E-state index contributed by atoms with van der Waals surface area (Å²) in [6.45, 7) is 1.75. The Bertz CT molecular complexity index is 231. The third-order valence-electron chi connectivity index (χ3n) is 4.14. The Labute approximate surface area is 102 Å². The van der Waals surface area contributed by atoms with Crippen molar-refractivity contribution < 1.29 is 4.74 Å². The standard InChI is InChI=1S/C12H21B2NO/c13-10-15-7-5-11(14)6-8-16-12(9-11)3-1-2-4-12/h15H,1-10H2. The van der Waals surface area contributed by atoms with Gasteiger partial charge in [0, 0.05) is 6.61 Å². The zero-order valence-electron chi connectivity index (χ0n) is 10.1. The summed E-state index contributed by atoms with van der Waals surface area (Å²) >= 11 is 0. The molecule has 0 aromatic rings. The Kier molecular flexibility index (Phi) is 4.01. The predicted molar refractivity (Wildman–Crippen MR) is 68.1 cm³/mol. The number of ether oxygens (including phenoxy) is 1. The van der Waals surface area contributed by atoms with Gasteiger partial charge in [-0.25, -0.2) is 0 Å². The van der Waals surface area contributed by atoms with E-state index in [-0.39, 0.29) is 10.9 Å². The van der Waals surface area contributed by atoms with Crippen LogP contribution in [0.15, 0.2) is 0 Å². The van der Waals surface area contributed by atoms with Crippen molar-refractivity contribution in [3.8, 4) is 0 Å². The lowest BCUT2D eigenvalue weighted by Crippen LogP contribution is -2.41. The highest BCUT2D eigenvalue weighted by Gasteiger charge is 2.44. The van der Waals surface area contributed by atoms with E-state index >= 15 is 0 Å². The molecule has 4 heteroatoms. The first kappa shape index (κ1) is 12.5. The van der Waals surface area contributed by atoms with Gasteiger partial charge in [-0.1, -0.05) is 18.2 Å². The van der Waals surface area contributed by atoms with E-state index in [4.69, 9.17) is 20.4 Å². The van der Waals surface area contributed by atoms with E-state index in [1.807, 2.05) is 0 Å². The summed E-state index contributed by atoms with van der Waals surface area (Å²) in [5.74, 6) is 0. The van der Waals surface area contributed by atoms with Crippen LogP contribution in [-0.2, 0) is 4.74 Å². The highest BCUT2D eigenvalue weighted by molar-refractivity contribution is 6.15. The zero-order valence-corrected chi connectivity index (χ0v) is 10.1. The van der Waals surface area contributed by atoms with E-state index < -0.39 is 0 Å². The molecular weight excluding hydrogens is 196 g/mol. The fourth-order valence-corrected chi connectivity index (χ4v) is 3.25. The van der Waals surface area contributed by atoms with Crippen molar-refractivity contribution in [3.63, 3.8) is 0 Å². The first-order chi connectivity index (χ1) is 7.68. The summed E-state index contributed by atoms with van der Waals surface area (Å²) in [7, 11) is 11.9. The minimum Gasteiger partial charge on any atom is -0.375 e. The number of hydrogen-bond donors (Lipinski definition) is 1. The molecule has 2 rings (SSSR count). The normalized spacial score (nSPS) is 33.2. The topological polar surface area (TPSA) is 21.3 Å². The molecule has 0 aromatic carbocycles. The lowest BCUT2D eigenvalue weighted by atomic mass is 9.58. The van der Waals surface area contributed by atoms with Crippen LogP contribution < -0.4 is 5.32 Å². The van der Waals surface area contributed by atoms with Gasteiger partial charge in [0.2, 0.25) is 0 Å². The minimum atomic E-state index is -0.0369. The Balaban J connectivity index is 1.89. The van der Waals surface area contributed by atoms with Gasteiger partial charge in [-0.2, -0.15) is 0 Å². The van der Waals surface area contributed by atoms with Crippen LogP contribution in [0.25, 0.3) is 0 Å². The van der Waals surface area contributed by atoms with E-state index in [0.29, 0.717) is 6.44 Å². The van der Waals surface area contributed by atoms with Gasteiger partial charge >= 0.3 is 0 Å². The second-order valence-corrected chi connectivity index (χ2v) is 5.48. The Morgan fingerprint density at radius 2 is 1.94 bits per heavy atom. The largest absolute Gasteiger partial charge is 0.375 e. The predicted octanol–water partition coefficient (Wildman–Crippen LogP) is 1.54. The molecule has 2 fully saturated rings. The molecule has 1 saturated heterocycles. The molecule has 1 aliphatic carbocycles. The van der Waals surface area contributed by atoms with Gasteiger partial charge in [-0.05, 0) is 45.1 Å². The summed E-state index contributed by atoms with van der Waals surface area (Å²) < 4.78 is 6.00. The third-order valence-corrected chi connectivity index (χ3v) is 4.14. The molecular formula is C12H21B2NO. The molecule has 16 heavy (non-hydrogen) atoms. The number of rotatable bonds is 4. The molecule has 1 spiro atoms. The maximum atomic E-state index is 6.49. The maximum absolute atomic E-state index is 6.49. The van der Waals surface area contributed by atoms with Crippen LogP contribution in [-0.4, -0.2) is 40.9 Å². The molecule has 4 radical (unpaired) electrons.